The molecule has 0 radical (unpaired) electrons. The Hall–Kier alpha value is -2.91. The molecule has 3 aliphatic heterocycles. The van der Waals surface area contributed by atoms with Crippen molar-refractivity contribution in [2.24, 2.45) is 5.92 Å². The van der Waals surface area contributed by atoms with E-state index in [4.69, 9.17) is 9.47 Å². The number of amides is 2. The van der Waals surface area contributed by atoms with E-state index in [2.05, 4.69) is 5.10 Å². The Morgan fingerprint density at radius 3 is 2.53 bits per heavy atom. The fourth-order valence-corrected chi connectivity index (χ4v) is 4.18. The molecular weight excluding hydrogens is 388 g/mol. The summed E-state index contributed by atoms with van der Waals surface area (Å²) in [5.41, 5.74) is 2.92. The number of anilines is 2. The minimum Gasteiger partial charge on any atom is -0.465 e. The van der Waals surface area contributed by atoms with Crippen LogP contribution in [-0.2, 0) is 14.3 Å². The van der Waals surface area contributed by atoms with Gasteiger partial charge >= 0.3 is 6.09 Å². The Morgan fingerprint density at radius 2 is 1.90 bits per heavy atom. The van der Waals surface area contributed by atoms with Crippen LogP contribution in [0.15, 0.2) is 30.6 Å². The molecule has 0 saturated carbocycles. The van der Waals surface area contributed by atoms with Crippen LogP contribution in [0.3, 0.4) is 0 Å². The van der Waals surface area contributed by atoms with Gasteiger partial charge in [-0.05, 0) is 24.6 Å². The first-order valence-corrected chi connectivity index (χ1v) is 10.2. The van der Waals surface area contributed by atoms with Crippen LogP contribution in [0.4, 0.5) is 16.2 Å². The molecule has 0 unspecified atom stereocenters. The molecule has 1 aromatic heterocycles. The number of nitrogens with zero attached hydrogens (tertiary/aromatic N) is 4. The molecule has 5 rings (SSSR count). The average Bonchev–Trinajstić information content (AvgIpc) is 3.11. The first-order valence-electron chi connectivity index (χ1n) is 10.2. The van der Waals surface area contributed by atoms with Crippen LogP contribution in [-0.4, -0.2) is 65.9 Å². The predicted molar refractivity (Wildman–Crippen MR) is 109 cm³/mol. The number of fused-ring (bicyclic) bond motifs is 1. The zero-order valence-electron chi connectivity index (χ0n) is 16.7. The molecule has 0 spiro atoms. The van der Waals surface area contributed by atoms with Gasteiger partial charge in [0.05, 0.1) is 56.1 Å². The lowest BCUT2D eigenvalue weighted by Crippen LogP contribution is -2.52. The van der Waals surface area contributed by atoms with Gasteiger partial charge in [-0.25, -0.2) is 4.79 Å². The maximum Gasteiger partial charge on any atom is 0.411 e. The molecular formula is C21H24N4O5. The summed E-state index contributed by atoms with van der Waals surface area (Å²) < 4.78 is 12.3. The van der Waals surface area contributed by atoms with E-state index in [9.17, 15) is 14.7 Å². The first-order chi connectivity index (χ1) is 14.5. The number of carboxylic acid groups (broad SMARTS) is 1. The van der Waals surface area contributed by atoms with Crippen LogP contribution in [0.1, 0.15) is 19.4 Å². The maximum absolute atomic E-state index is 13.0. The molecule has 2 amide bonds. The second-order valence-electron chi connectivity index (χ2n) is 8.22. The van der Waals surface area contributed by atoms with Crippen LogP contribution in [0.25, 0.3) is 11.1 Å². The summed E-state index contributed by atoms with van der Waals surface area (Å²) in [6, 6.07) is 5.60. The SMILES string of the molecule is C[C@H]1CN(C(=O)O)c2cc(-c3cnn(C4COC4)c3)ccc2N1C(=O)CC1COC1. The molecule has 1 atom stereocenters. The summed E-state index contributed by atoms with van der Waals surface area (Å²) in [7, 11) is 0. The maximum atomic E-state index is 13.0. The normalized spacial score (nSPS) is 21.7. The highest BCUT2D eigenvalue weighted by molar-refractivity contribution is 6.03. The first kappa shape index (κ1) is 19.1. The zero-order valence-corrected chi connectivity index (χ0v) is 16.7. The van der Waals surface area contributed by atoms with Gasteiger partial charge in [0.15, 0.2) is 0 Å². The molecule has 4 heterocycles. The molecule has 30 heavy (non-hydrogen) atoms. The van der Waals surface area contributed by atoms with Gasteiger partial charge in [-0.2, -0.15) is 5.10 Å². The molecule has 2 aromatic rings. The van der Waals surface area contributed by atoms with Gasteiger partial charge in [-0.1, -0.05) is 6.07 Å². The topological polar surface area (TPSA) is 97.1 Å². The lowest BCUT2D eigenvalue weighted by atomic mass is 9.99. The van der Waals surface area contributed by atoms with Gasteiger partial charge in [0.2, 0.25) is 5.91 Å². The Bertz CT molecular complexity index is 982. The number of benzene rings is 1. The number of hydrogen-bond donors (Lipinski definition) is 1. The minimum absolute atomic E-state index is 0.00708. The average molecular weight is 412 g/mol. The molecule has 2 saturated heterocycles. The van der Waals surface area contributed by atoms with E-state index in [0.717, 1.165) is 11.1 Å². The number of carbonyl (C=O) groups is 2. The quantitative estimate of drug-likeness (QED) is 0.828. The summed E-state index contributed by atoms with van der Waals surface area (Å²) in [5.74, 6) is 0.249. The van der Waals surface area contributed by atoms with E-state index >= 15 is 0 Å². The van der Waals surface area contributed by atoms with Crippen molar-refractivity contribution >= 4 is 23.4 Å². The number of ether oxygens (including phenoxy) is 2. The second kappa shape index (κ2) is 7.41. The smallest absolute Gasteiger partial charge is 0.411 e. The van der Waals surface area contributed by atoms with Crippen molar-refractivity contribution in [1.82, 2.24) is 9.78 Å². The van der Waals surface area contributed by atoms with Crippen molar-refractivity contribution in [2.45, 2.75) is 25.4 Å². The third-order valence-corrected chi connectivity index (χ3v) is 6.01. The van der Waals surface area contributed by atoms with Crippen molar-refractivity contribution in [2.75, 3.05) is 42.8 Å². The number of rotatable bonds is 4. The van der Waals surface area contributed by atoms with Gasteiger partial charge in [-0.3, -0.25) is 14.4 Å². The lowest BCUT2D eigenvalue weighted by molar-refractivity contribution is -0.124. The summed E-state index contributed by atoms with van der Waals surface area (Å²) in [4.78, 5) is 28.0. The summed E-state index contributed by atoms with van der Waals surface area (Å²) in [6.07, 6.45) is 3.11. The third-order valence-electron chi connectivity index (χ3n) is 6.01. The Labute approximate surface area is 173 Å². The van der Waals surface area contributed by atoms with Gasteiger partial charge in [-0.15, -0.1) is 0 Å². The number of aromatic nitrogens is 2. The Balaban J connectivity index is 1.49. The van der Waals surface area contributed by atoms with E-state index in [0.29, 0.717) is 44.2 Å². The highest BCUT2D eigenvalue weighted by atomic mass is 16.5. The van der Waals surface area contributed by atoms with Gasteiger partial charge in [0, 0.05) is 30.6 Å². The molecule has 1 aromatic carbocycles. The molecule has 9 nitrogen and oxygen atoms in total. The van der Waals surface area contributed by atoms with E-state index < -0.39 is 6.09 Å². The number of carbonyl (C=O) groups excluding carboxylic acids is 1. The summed E-state index contributed by atoms with van der Waals surface area (Å²) in [5, 5.41) is 14.2. The zero-order chi connectivity index (χ0) is 20.8. The fraction of sp³-hybridized carbons (Fsp3) is 0.476. The standard InChI is InChI=1S/C21H24N4O5/c1-13-7-23(21(27)28)19-5-15(16-6-22-24(8-16)17-11-30-12-17)2-3-18(19)25(13)20(26)4-14-9-29-10-14/h2-3,5-6,8,13-14,17H,4,7,9-12H2,1H3,(H,27,28)/t13-/m0/s1. The Morgan fingerprint density at radius 1 is 1.13 bits per heavy atom. The van der Waals surface area contributed by atoms with Crippen LogP contribution in [0.5, 0.6) is 0 Å². The molecule has 0 aliphatic carbocycles. The summed E-state index contributed by atoms with van der Waals surface area (Å²) in [6.45, 7) is 4.64. The molecule has 2 fully saturated rings. The predicted octanol–water partition coefficient (Wildman–Crippen LogP) is 2.38. The van der Waals surface area contributed by atoms with E-state index in [1.165, 1.54) is 4.90 Å². The second-order valence-corrected chi connectivity index (χ2v) is 8.22. The molecule has 158 valence electrons. The van der Waals surface area contributed by atoms with Crippen molar-refractivity contribution < 1.29 is 24.2 Å². The van der Waals surface area contributed by atoms with Crippen LogP contribution >= 0.6 is 0 Å². The van der Waals surface area contributed by atoms with Gasteiger partial charge < -0.3 is 19.5 Å². The highest BCUT2D eigenvalue weighted by Crippen LogP contribution is 2.39. The van der Waals surface area contributed by atoms with Gasteiger partial charge in [0.1, 0.15) is 0 Å². The van der Waals surface area contributed by atoms with Crippen LogP contribution in [0.2, 0.25) is 0 Å². The van der Waals surface area contributed by atoms with E-state index in [1.54, 1.807) is 11.1 Å². The van der Waals surface area contributed by atoms with E-state index in [1.807, 2.05) is 36.0 Å². The van der Waals surface area contributed by atoms with Crippen molar-refractivity contribution in [3.8, 4) is 11.1 Å². The van der Waals surface area contributed by atoms with E-state index in [-0.39, 0.29) is 30.5 Å². The lowest BCUT2D eigenvalue weighted by Gasteiger charge is -2.41. The summed E-state index contributed by atoms with van der Waals surface area (Å²) >= 11 is 0. The molecule has 3 aliphatic rings. The molecule has 0 bridgehead atoms. The third kappa shape index (κ3) is 3.23. The molecule has 1 N–H and O–H groups in total. The van der Waals surface area contributed by atoms with Crippen LogP contribution < -0.4 is 9.80 Å². The highest BCUT2D eigenvalue weighted by Gasteiger charge is 2.36. The van der Waals surface area contributed by atoms with Crippen molar-refractivity contribution in [1.29, 1.82) is 0 Å². The van der Waals surface area contributed by atoms with Crippen molar-refractivity contribution in [3.05, 3.63) is 30.6 Å². The molecule has 9 heteroatoms. The minimum atomic E-state index is -1.03. The fourth-order valence-electron chi connectivity index (χ4n) is 4.18. The Kier molecular flexibility index (Phi) is 4.71. The largest absolute Gasteiger partial charge is 0.465 e. The van der Waals surface area contributed by atoms with Gasteiger partial charge in [0.25, 0.3) is 0 Å². The number of hydrogen-bond acceptors (Lipinski definition) is 5. The van der Waals surface area contributed by atoms with Crippen LogP contribution in [0, 0.1) is 5.92 Å². The van der Waals surface area contributed by atoms with Crippen molar-refractivity contribution in [3.63, 3.8) is 0 Å². The monoisotopic (exact) mass is 412 g/mol.